The maximum Gasteiger partial charge on any atom is 0.272 e. The van der Waals surface area contributed by atoms with Crippen LogP contribution in [0.1, 0.15) is 26.6 Å². The molecule has 23 heavy (non-hydrogen) atoms. The van der Waals surface area contributed by atoms with E-state index in [1.807, 2.05) is 5.38 Å². The Morgan fingerprint density at radius 3 is 3.00 bits per heavy atom. The molecule has 1 atom stereocenters. The van der Waals surface area contributed by atoms with Crippen molar-refractivity contribution in [1.29, 1.82) is 0 Å². The minimum atomic E-state index is -0.158. The van der Waals surface area contributed by atoms with Crippen LogP contribution < -0.4 is 10.1 Å². The van der Waals surface area contributed by atoms with Crippen LogP contribution in [0.3, 0.4) is 0 Å². The van der Waals surface area contributed by atoms with Gasteiger partial charge in [-0.2, -0.15) is 0 Å². The van der Waals surface area contributed by atoms with Gasteiger partial charge < -0.3 is 15.0 Å². The largest absolute Gasteiger partial charge is 0.495 e. The lowest BCUT2D eigenvalue weighted by Gasteiger charge is -2.16. The molecule has 1 aliphatic heterocycles. The highest BCUT2D eigenvalue weighted by Gasteiger charge is 2.29. The first kappa shape index (κ1) is 15.5. The predicted molar refractivity (Wildman–Crippen MR) is 86.9 cm³/mol. The second-order valence-corrected chi connectivity index (χ2v) is 6.16. The molecule has 2 amide bonds. The predicted octanol–water partition coefficient (Wildman–Crippen LogP) is 1.80. The first-order valence-corrected chi connectivity index (χ1v) is 8.19. The van der Waals surface area contributed by atoms with Gasteiger partial charge in [-0.1, -0.05) is 6.07 Å². The molecule has 2 aromatic heterocycles. The molecule has 0 unspecified atom stereocenters. The van der Waals surface area contributed by atoms with Crippen LogP contribution in [0.25, 0.3) is 0 Å². The maximum atomic E-state index is 12.3. The number of rotatable bonds is 4. The standard InChI is InChI=1S/C16H17N3O3S/c1-22-13-6-9-23-14(13)15(20)18-11-5-8-19(10-11)16(21)12-4-2-3-7-17-12/h2-4,6-7,9,11H,5,8,10H2,1H3,(H,18,20)/t11-/m1/s1. The lowest BCUT2D eigenvalue weighted by atomic mass is 10.2. The molecule has 7 heteroatoms. The number of aromatic nitrogens is 1. The molecule has 3 rings (SSSR count). The van der Waals surface area contributed by atoms with E-state index in [1.54, 1.807) is 42.5 Å². The Bertz CT molecular complexity index is 702. The van der Waals surface area contributed by atoms with Gasteiger partial charge in [-0.25, -0.2) is 0 Å². The van der Waals surface area contributed by atoms with Crippen molar-refractivity contribution < 1.29 is 14.3 Å². The van der Waals surface area contributed by atoms with Crippen LogP contribution >= 0.6 is 11.3 Å². The third-order valence-electron chi connectivity index (χ3n) is 3.75. The van der Waals surface area contributed by atoms with Gasteiger partial charge in [-0.15, -0.1) is 11.3 Å². The maximum absolute atomic E-state index is 12.3. The summed E-state index contributed by atoms with van der Waals surface area (Å²) in [6, 6.07) is 6.98. The highest BCUT2D eigenvalue weighted by atomic mass is 32.1. The molecule has 1 N–H and O–H groups in total. The number of hydrogen-bond acceptors (Lipinski definition) is 5. The average Bonchev–Trinajstić information content (AvgIpc) is 3.23. The monoisotopic (exact) mass is 331 g/mol. The fourth-order valence-electron chi connectivity index (χ4n) is 2.59. The SMILES string of the molecule is COc1ccsc1C(=O)N[C@@H]1CCN(C(=O)c2ccccn2)C1. The fourth-order valence-corrected chi connectivity index (χ4v) is 3.35. The molecular weight excluding hydrogens is 314 g/mol. The normalized spacial score (nSPS) is 17.1. The topological polar surface area (TPSA) is 71.5 Å². The molecule has 1 fully saturated rings. The van der Waals surface area contributed by atoms with Crippen molar-refractivity contribution in [1.82, 2.24) is 15.2 Å². The zero-order chi connectivity index (χ0) is 16.2. The molecule has 120 valence electrons. The number of hydrogen-bond donors (Lipinski definition) is 1. The summed E-state index contributed by atoms with van der Waals surface area (Å²) in [5, 5.41) is 4.79. The number of nitrogens with zero attached hydrogens (tertiary/aromatic N) is 2. The van der Waals surface area contributed by atoms with Crippen molar-refractivity contribution in [2.45, 2.75) is 12.5 Å². The van der Waals surface area contributed by atoms with Gasteiger partial charge in [0.2, 0.25) is 0 Å². The van der Waals surface area contributed by atoms with E-state index in [1.165, 1.54) is 11.3 Å². The zero-order valence-corrected chi connectivity index (χ0v) is 13.5. The summed E-state index contributed by atoms with van der Waals surface area (Å²) in [6.07, 6.45) is 2.34. The van der Waals surface area contributed by atoms with Crippen LogP contribution in [-0.2, 0) is 0 Å². The van der Waals surface area contributed by atoms with E-state index < -0.39 is 0 Å². The van der Waals surface area contributed by atoms with Gasteiger partial charge >= 0.3 is 0 Å². The van der Waals surface area contributed by atoms with Crippen molar-refractivity contribution >= 4 is 23.2 Å². The van der Waals surface area contributed by atoms with Gasteiger partial charge in [0.15, 0.2) is 0 Å². The van der Waals surface area contributed by atoms with E-state index in [-0.39, 0.29) is 17.9 Å². The molecule has 3 heterocycles. The summed E-state index contributed by atoms with van der Waals surface area (Å²) in [7, 11) is 1.54. The van der Waals surface area contributed by atoms with Gasteiger partial charge in [0, 0.05) is 25.3 Å². The number of thiophene rings is 1. The zero-order valence-electron chi connectivity index (χ0n) is 12.7. The number of carbonyl (C=O) groups excluding carboxylic acids is 2. The van der Waals surface area contributed by atoms with E-state index in [2.05, 4.69) is 10.3 Å². The molecule has 0 radical (unpaired) electrons. The molecule has 0 spiro atoms. The Balaban J connectivity index is 1.60. The molecule has 1 saturated heterocycles. The summed E-state index contributed by atoms with van der Waals surface area (Å²) in [5.41, 5.74) is 0.430. The Hall–Kier alpha value is -2.41. The molecular formula is C16H17N3O3S. The van der Waals surface area contributed by atoms with Gasteiger partial charge in [-0.05, 0) is 30.0 Å². The van der Waals surface area contributed by atoms with E-state index in [9.17, 15) is 9.59 Å². The quantitative estimate of drug-likeness (QED) is 0.927. The first-order valence-electron chi connectivity index (χ1n) is 7.31. The first-order chi connectivity index (χ1) is 11.2. The number of ether oxygens (including phenoxy) is 1. The number of likely N-dealkylation sites (tertiary alicyclic amines) is 1. The average molecular weight is 331 g/mol. The Morgan fingerprint density at radius 2 is 2.26 bits per heavy atom. The van der Waals surface area contributed by atoms with E-state index >= 15 is 0 Å². The summed E-state index contributed by atoms with van der Waals surface area (Å²) in [5.74, 6) is 0.317. The van der Waals surface area contributed by atoms with Crippen LogP contribution in [0, 0.1) is 0 Å². The number of methoxy groups -OCH3 is 1. The lowest BCUT2D eigenvalue weighted by molar-refractivity contribution is 0.0777. The number of nitrogens with one attached hydrogen (secondary N) is 1. The van der Waals surface area contributed by atoms with Gasteiger partial charge in [-0.3, -0.25) is 14.6 Å². The lowest BCUT2D eigenvalue weighted by Crippen LogP contribution is -2.38. The minimum Gasteiger partial charge on any atom is -0.495 e. The van der Waals surface area contributed by atoms with Gasteiger partial charge in [0.1, 0.15) is 16.3 Å². The van der Waals surface area contributed by atoms with Crippen LogP contribution in [0.15, 0.2) is 35.8 Å². The highest BCUT2D eigenvalue weighted by Crippen LogP contribution is 2.24. The van der Waals surface area contributed by atoms with Gasteiger partial charge in [0.25, 0.3) is 11.8 Å². The molecule has 0 aromatic carbocycles. The van der Waals surface area contributed by atoms with E-state index in [0.717, 1.165) is 6.42 Å². The Kier molecular flexibility index (Phi) is 4.57. The summed E-state index contributed by atoms with van der Waals surface area (Å²) >= 11 is 1.34. The molecule has 6 nitrogen and oxygen atoms in total. The minimum absolute atomic E-state index is 0.0537. The van der Waals surface area contributed by atoms with Crippen LogP contribution in [0.2, 0.25) is 0 Å². The molecule has 2 aromatic rings. The fraction of sp³-hybridized carbons (Fsp3) is 0.312. The molecule has 0 saturated carbocycles. The Morgan fingerprint density at radius 1 is 1.39 bits per heavy atom. The van der Waals surface area contributed by atoms with E-state index in [4.69, 9.17) is 4.74 Å². The van der Waals surface area contributed by atoms with Crippen molar-refractivity contribution in [3.8, 4) is 5.75 Å². The summed E-state index contributed by atoms with van der Waals surface area (Å²) < 4.78 is 5.16. The smallest absolute Gasteiger partial charge is 0.272 e. The molecule has 1 aliphatic rings. The number of pyridine rings is 1. The number of amides is 2. The van der Waals surface area contributed by atoms with Crippen molar-refractivity contribution in [3.05, 3.63) is 46.4 Å². The summed E-state index contributed by atoms with van der Waals surface area (Å²) in [6.45, 7) is 1.11. The summed E-state index contributed by atoms with van der Waals surface area (Å²) in [4.78, 5) is 31.0. The molecule has 0 aliphatic carbocycles. The second kappa shape index (κ2) is 6.78. The third kappa shape index (κ3) is 3.34. The number of carbonyl (C=O) groups is 2. The van der Waals surface area contributed by atoms with Crippen LogP contribution in [0.4, 0.5) is 0 Å². The molecule has 0 bridgehead atoms. The van der Waals surface area contributed by atoms with Crippen molar-refractivity contribution in [2.24, 2.45) is 0 Å². The van der Waals surface area contributed by atoms with Gasteiger partial charge in [0.05, 0.1) is 7.11 Å². The highest BCUT2D eigenvalue weighted by molar-refractivity contribution is 7.12. The second-order valence-electron chi connectivity index (χ2n) is 5.24. The van der Waals surface area contributed by atoms with Crippen LogP contribution in [0.5, 0.6) is 5.75 Å². The van der Waals surface area contributed by atoms with Crippen molar-refractivity contribution in [2.75, 3.05) is 20.2 Å². The van der Waals surface area contributed by atoms with E-state index in [0.29, 0.717) is 29.4 Å². The Labute approximate surface area is 138 Å². The van der Waals surface area contributed by atoms with Crippen molar-refractivity contribution in [3.63, 3.8) is 0 Å². The van der Waals surface area contributed by atoms with Crippen LogP contribution in [-0.4, -0.2) is 47.9 Å². The third-order valence-corrected chi connectivity index (χ3v) is 4.64.